The summed E-state index contributed by atoms with van der Waals surface area (Å²) in [6.07, 6.45) is 16.3. The van der Waals surface area contributed by atoms with E-state index in [0.717, 1.165) is 38.6 Å². The van der Waals surface area contributed by atoms with Gasteiger partial charge in [-0.25, -0.2) is 0 Å². The Kier molecular flexibility index (Phi) is 18.3. The van der Waals surface area contributed by atoms with Crippen LogP contribution in [0.25, 0.3) is 0 Å². The van der Waals surface area contributed by atoms with Crippen LogP contribution in [-0.2, 0) is 14.4 Å². The van der Waals surface area contributed by atoms with E-state index in [9.17, 15) is 29.7 Å². The summed E-state index contributed by atoms with van der Waals surface area (Å²) in [5.41, 5.74) is 0. The molecule has 7 nitrogen and oxygen atoms in total. The smallest absolute Gasteiger partial charge is 0.306 e. The van der Waals surface area contributed by atoms with Gasteiger partial charge in [0.2, 0.25) is 0 Å². The molecule has 0 heterocycles. The molecule has 35 heavy (non-hydrogen) atoms. The molecule has 0 amide bonds. The van der Waals surface area contributed by atoms with Crippen molar-refractivity contribution in [2.45, 2.75) is 105 Å². The molecule has 0 aromatic rings. The summed E-state index contributed by atoms with van der Waals surface area (Å²) in [4.78, 5) is 34.1. The first-order valence-electron chi connectivity index (χ1n) is 13.7. The summed E-state index contributed by atoms with van der Waals surface area (Å²) in [7, 11) is 0. The minimum atomic E-state index is -1.08. The Morgan fingerprint density at radius 2 is 1.11 bits per heavy atom. The molecule has 0 bridgehead atoms. The summed E-state index contributed by atoms with van der Waals surface area (Å²) >= 11 is 0. The van der Waals surface area contributed by atoms with Crippen LogP contribution < -0.4 is 5.11 Å². The Balaban J connectivity index is 5.06. The Bertz CT molecular complexity index is 573. The lowest BCUT2D eigenvalue weighted by atomic mass is 10.0. The zero-order valence-corrected chi connectivity index (χ0v) is 22.7. The van der Waals surface area contributed by atoms with Crippen LogP contribution in [0.15, 0.2) is 12.2 Å². The van der Waals surface area contributed by atoms with Gasteiger partial charge in [-0.2, -0.15) is 0 Å². The highest BCUT2D eigenvalue weighted by Crippen LogP contribution is 2.21. The Morgan fingerprint density at radius 1 is 0.686 bits per heavy atom. The van der Waals surface area contributed by atoms with E-state index < -0.39 is 35.7 Å². The van der Waals surface area contributed by atoms with Gasteiger partial charge in [0.15, 0.2) is 0 Å². The zero-order chi connectivity index (χ0) is 26.7. The molecule has 0 aromatic heterocycles. The number of hydrogen-bond donors (Lipinski definition) is 2. The van der Waals surface area contributed by atoms with Crippen molar-refractivity contribution in [3.63, 3.8) is 0 Å². The van der Waals surface area contributed by atoms with Crippen molar-refractivity contribution in [2.75, 3.05) is 26.2 Å². The van der Waals surface area contributed by atoms with Crippen molar-refractivity contribution in [2.24, 2.45) is 17.8 Å². The number of aliphatic carboxylic acids is 3. The number of rotatable bonds is 23. The first-order valence-corrected chi connectivity index (χ1v) is 13.7. The predicted octanol–water partition coefficient (Wildman–Crippen LogP) is 4.89. The first kappa shape index (κ1) is 33.1. The average Bonchev–Trinajstić information content (AvgIpc) is 2.82. The highest BCUT2D eigenvalue weighted by atomic mass is 16.4. The van der Waals surface area contributed by atoms with Gasteiger partial charge in [-0.1, -0.05) is 59.1 Å². The first-order chi connectivity index (χ1) is 16.5. The molecule has 0 saturated heterocycles. The van der Waals surface area contributed by atoms with Crippen LogP contribution in [0, 0.1) is 17.8 Å². The molecule has 0 aliphatic carbocycles. The number of quaternary nitrogens is 1. The van der Waals surface area contributed by atoms with Crippen molar-refractivity contribution < 1.29 is 34.2 Å². The summed E-state index contributed by atoms with van der Waals surface area (Å²) in [6, 6.07) is 0. The van der Waals surface area contributed by atoms with Gasteiger partial charge in [-0.05, 0) is 38.5 Å². The molecule has 0 spiro atoms. The van der Waals surface area contributed by atoms with Crippen LogP contribution in [0.5, 0.6) is 0 Å². The average molecular weight is 498 g/mol. The molecule has 0 aromatic carbocycles. The second kappa shape index (κ2) is 19.3. The quantitative estimate of drug-likeness (QED) is 0.118. The highest BCUT2D eigenvalue weighted by Gasteiger charge is 2.30. The Morgan fingerprint density at radius 3 is 1.51 bits per heavy atom. The molecular formula is C28H51NO6. The molecule has 0 rings (SSSR count). The van der Waals surface area contributed by atoms with Gasteiger partial charge in [-0.15, -0.1) is 0 Å². The van der Waals surface area contributed by atoms with E-state index in [-0.39, 0.29) is 0 Å². The molecule has 204 valence electrons. The van der Waals surface area contributed by atoms with E-state index in [1.807, 2.05) is 0 Å². The van der Waals surface area contributed by atoms with E-state index in [1.165, 1.54) is 25.7 Å². The number of allylic oxidation sites excluding steroid dienone is 2. The van der Waals surface area contributed by atoms with Crippen molar-refractivity contribution in [3.8, 4) is 0 Å². The number of carbonyl (C=O) groups excluding carboxylic acids is 1. The number of unbranched alkanes of at least 4 members (excludes halogenated alkanes) is 7. The maximum atomic E-state index is 11.4. The minimum Gasteiger partial charge on any atom is -0.550 e. The van der Waals surface area contributed by atoms with Gasteiger partial charge in [0.05, 0.1) is 38.0 Å². The van der Waals surface area contributed by atoms with Crippen LogP contribution in [0.1, 0.15) is 105 Å². The van der Waals surface area contributed by atoms with Gasteiger partial charge < -0.3 is 24.6 Å². The number of nitrogens with zero attached hydrogens (tertiary/aromatic N) is 1. The fourth-order valence-electron chi connectivity index (χ4n) is 4.25. The molecule has 0 aliphatic heterocycles. The molecular weight excluding hydrogens is 446 g/mol. The lowest BCUT2D eigenvalue weighted by Gasteiger charge is -2.41. The highest BCUT2D eigenvalue weighted by molar-refractivity contribution is 5.69. The monoisotopic (exact) mass is 497 g/mol. The molecule has 0 aliphatic rings. The number of carboxylic acid groups (broad SMARTS) is 3. The Hall–Kier alpha value is -1.89. The van der Waals surface area contributed by atoms with Crippen LogP contribution in [0.4, 0.5) is 0 Å². The van der Waals surface area contributed by atoms with Crippen LogP contribution in [0.3, 0.4) is 0 Å². The molecule has 0 radical (unpaired) electrons. The van der Waals surface area contributed by atoms with E-state index >= 15 is 0 Å². The fourth-order valence-corrected chi connectivity index (χ4v) is 4.25. The predicted molar refractivity (Wildman–Crippen MR) is 138 cm³/mol. The summed E-state index contributed by atoms with van der Waals surface area (Å²) in [6.45, 7) is 9.84. The second-order valence-electron chi connectivity index (χ2n) is 10.5. The largest absolute Gasteiger partial charge is 0.550 e. The summed E-state index contributed by atoms with van der Waals surface area (Å²) < 4.78 is 0.570. The lowest BCUT2D eigenvalue weighted by Crippen LogP contribution is -2.52. The number of carboxylic acids is 3. The molecule has 7 heteroatoms. The summed E-state index contributed by atoms with van der Waals surface area (Å²) in [5, 5.41) is 30.0. The summed E-state index contributed by atoms with van der Waals surface area (Å²) in [5.74, 6) is -4.35. The maximum Gasteiger partial charge on any atom is 0.306 e. The number of carbonyl (C=O) groups is 3. The van der Waals surface area contributed by atoms with Gasteiger partial charge in [-0.3, -0.25) is 9.59 Å². The van der Waals surface area contributed by atoms with E-state index in [1.54, 1.807) is 20.8 Å². The van der Waals surface area contributed by atoms with Gasteiger partial charge >= 0.3 is 11.9 Å². The lowest BCUT2D eigenvalue weighted by molar-refractivity contribution is -0.929. The molecule has 3 unspecified atom stereocenters. The molecule has 3 atom stereocenters. The third-order valence-corrected chi connectivity index (χ3v) is 7.25. The zero-order valence-electron chi connectivity index (χ0n) is 22.7. The third-order valence-electron chi connectivity index (χ3n) is 7.25. The third kappa shape index (κ3) is 16.4. The standard InChI is InChI=1S/C28H51NO6/c1-5-6-7-8-9-10-11-12-13-14-15-19-29(20-16-23(2)26(30)31,21-17-24(3)27(32)33)22-18-25(4)28(34)35/h10-11,23-25H,5-9,12-22H2,1-4H3,(H2-,30,31,32,33,34,35)/b11-10+. The topological polar surface area (TPSA) is 115 Å². The number of hydrogen-bond acceptors (Lipinski definition) is 4. The Labute approximate surface area is 213 Å². The van der Waals surface area contributed by atoms with Gasteiger partial charge in [0, 0.05) is 31.1 Å². The van der Waals surface area contributed by atoms with Crippen LogP contribution in [-0.4, -0.2) is 58.8 Å². The van der Waals surface area contributed by atoms with E-state index in [0.29, 0.717) is 43.4 Å². The van der Waals surface area contributed by atoms with Crippen molar-refractivity contribution in [3.05, 3.63) is 12.2 Å². The van der Waals surface area contributed by atoms with Crippen molar-refractivity contribution in [1.82, 2.24) is 0 Å². The van der Waals surface area contributed by atoms with Gasteiger partial charge in [0.25, 0.3) is 0 Å². The normalized spacial score (nSPS) is 16.0. The molecule has 2 N–H and O–H groups in total. The van der Waals surface area contributed by atoms with E-state index in [4.69, 9.17) is 0 Å². The van der Waals surface area contributed by atoms with Gasteiger partial charge in [0.1, 0.15) is 0 Å². The SMILES string of the molecule is CCCCCC/C=C/CCCCC[N+](CCC(C)C(=O)[O-])(CCC(C)C(=O)O)CCC(C)C(=O)O. The molecule has 0 fully saturated rings. The second-order valence-corrected chi connectivity index (χ2v) is 10.5. The fraction of sp³-hybridized carbons (Fsp3) is 0.821. The molecule has 0 saturated carbocycles. The van der Waals surface area contributed by atoms with Crippen LogP contribution >= 0.6 is 0 Å². The van der Waals surface area contributed by atoms with E-state index in [2.05, 4.69) is 19.1 Å². The maximum absolute atomic E-state index is 11.4. The van der Waals surface area contributed by atoms with Crippen molar-refractivity contribution >= 4 is 17.9 Å². The van der Waals surface area contributed by atoms with Crippen LogP contribution in [0.2, 0.25) is 0 Å². The minimum absolute atomic E-state index is 0.437. The van der Waals surface area contributed by atoms with Crippen molar-refractivity contribution in [1.29, 1.82) is 0 Å².